The maximum Gasteiger partial charge on any atom is 0.317 e. The van der Waals surface area contributed by atoms with Crippen molar-refractivity contribution in [1.82, 2.24) is 29.6 Å². The summed E-state index contributed by atoms with van der Waals surface area (Å²) >= 11 is 0. The van der Waals surface area contributed by atoms with Crippen LogP contribution in [0.3, 0.4) is 0 Å². The number of nitrogens with zero attached hydrogens (tertiary/aromatic N) is 5. The van der Waals surface area contributed by atoms with E-state index in [-0.39, 0.29) is 17.9 Å². The second kappa shape index (κ2) is 10.0. The number of hydrogen-bond donors (Lipinski definition) is 3. The third kappa shape index (κ3) is 4.57. The summed E-state index contributed by atoms with van der Waals surface area (Å²) < 4.78 is 1.98. The van der Waals surface area contributed by atoms with E-state index in [1.54, 1.807) is 36.7 Å². The Balaban J connectivity index is 1.45. The molecule has 36 heavy (non-hydrogen) atoms. The normalized spacial score (nSPS) is 15.6. The van der Waals surface area contributed by atoms with E-state index in [9.17, 15) is 9.59 Å². The molecule has 4 heterocycles. The molecule has 0 spiro atoms. The highest BCUT2D eigenvalue weighted by Crippen LogP contribution is 2.34. The van der Waals surface area contributed by atoms with Crippen LogP contribution >= 0.6 is 0 Å². The van der Waals surface area contributed by atoms with E-state index in [0.717, 1.165) is 30.8 Å². The van der Waals surface area contributed by atoms with Crippen molar-refractivity contribution in [2.24, 2.45) is 0 Å². The molecule has 0 aliphatic carbocycles. The molecule has 3 amide bonds. The van der Waals surface area contributed by atoms with E-state index >= 15 is 0 Å². The van der Waals surface area contributed by atoms with Crippen molar-refractivity contribution >= 4 is 29.1 Å². The summed E-state index contributed by atoms with van der Waals surface area (Å²) in [4.78, 5) is 40.3. The van der Waals surface area contributed by atoms with Crippen LogP contribution in [0, 0.1) is 0 Å². The first-order valence-electron chi connectivity index (χ1n) is 12.0. The molecule has 1 saturated heterocycles. The van der Waals surface area contributed by atoms with Crippen LogP contribution in [0.1, 0.15) is 41.9 Å². The van der Waals surface area contributed by atoms with Crippen molar-refractivity contribution < 1.29 is 9.59 Å². The van der Waals surface area contributed by atoms with Crippen molar-refractivity contribution in [2.75, 3.05) is 30.7 Å². The lowest BCUT2D eigenvalue weighted by atomic mass is 9.97. The van der Waals surface area contributed by atoms with Gasteiger partial charge in [0, 0.05) is 55.3 Å². The SMILES string of the molecule is CCNC(=O)N1CCCC(c2nc(-c3ccc(C(=O)Nc4ccccn4)cc3)c3c(N)nccn23)C1. The zero-order valence-corrected chi connectivity index (χ0v) is 20.0. The second-order valence-electron chi connectivity index (χ2n) is 8.72. The highest BCUT2D eigenvalue weighted by Gasteiger charge is 2.29. The monoisotopic (exact) mass is 484 g/mol. The molecule has 1 aliphatic rings. The summed E-state index contributed by atoms with van der Waals surface area (Å²) in [5, 5.41) is 5.68. The highest BCUT2D eigenvalue weighted by atomic mass is 16.2. The molecule has 10 heteroatoms. The highest BCUT2D eigenvalue weighted by molar-refractivity contribution is 6.04. The number of fused-ring (bicyclic) bond motifs is 1. The van der Waals surface area contributed by atoms with Gasteiger partial charge in [0.25, 0.3) is 5.91 Å². The molecular formula is C26H28N8O2. The van der Waals surface area contributed by atoms with E-state index < -0.39 is 0 Å². The first-order chi connectivity index (χ1) is 17.5. The number of anilines is 2. The summed E-state index contributed by atoms with van der Waals surface area (Å²) in [6.07, 6.45) is 6.96. The van der Waals surface area contributed by atoms with Crippen LogP contribution in [0.15, 0.2) is 61.1 Å². The van der Waals surface area contributed by atoms with E-state index in [0.29, 0.717) is 41.5 Å². The predicted molar refractivity (Wildman–Crippen MR) is 138 cm³/mol. The Morgan fingerprint density at radius 3 is 2.69 bits per heavy atom. The molecule has 0 saturated carbocycles. The van der Waals surface area contributed by atoms with Crippen molar-refractivity contribution in [3.05, 3.63) is 72.4 Å². The third-order valence-electron chi connectivity index (χ3n) is 6.34. The topological polar surface area (TPSA) is 131 Å². The van der Waals surface area contributed by atoms with Gasteiger partial charge in [-0.2, -0.15) is 0 Å². The summed E-state index contributed by atoms with van der Waals surface area (Å²) in [6, 6.07) is 12.5. The van der Waals surface area contributed by atoms with Crippen LogP contribution in [-0.4, -0.2) is 55.8 Å². The van der Waals surface area contributed by atoms with Crippen LogP contribution in [0.5, 0.6) is 0 Å². The molecule has 0 radical (unpaired) electrons. The Morgan fingerprint density at radius 1 is 1.11 bits per heavy atom. The molecule has 1 aromatic carbocycles. The van der Waals surface area contributed by atoms with Gasteiger partial charge in [0.15, 0.2) is 0 Å². The largest absolute Gasteiger partial charge is 0.382 e. The molecule has 184 valence electrons. The number of amides is 3. The Hall–Kier alpha value is -4.47. The number of rotatable bonds is 5. The molecular weight excluding hydrogens is 456 g/mol. The second-order valence-corrected chi connectivity index (χ2v) is 8.72. The lowest BCUT2D eigenvalue weighted by Crippen LogP contribution is -2.45. The number of nitrogens with two attached hydrogens (primary N) is 1. The van der Waals surface area contributed by atoms with Gasteiger partial charge in [-0.3, -0.25) is 9.20 Å². The van der Waals surface area contributed by atoms with Crippen LogP contribution in [0.2, 0.25) is 0 Å². The zero-order valence-electron chi connectivity index (χ0n) is 20.0. The minimum atomic E-state index is -0.246. The Kier molecular flexibility index (Phi) is 6.48. The van der Waals surface area contributed by atoms with Gasteiger partial charge >= 0.3 is 6.03 Å². The maximum atomic E-state index is 12.6. The van der Waals surface area contributed by atoms with E-state index in [1.165, 1.54) is 0 Å². The van der Waals surface area contributed by atoms with Crippen molar-refractivity contribution in [3.8, 4) is 11.3 Å². The number of imidazole rings is 1. The number of benzene rings is 1. The van der Waals surface area contributed by atoms with Crippen LogP contribution < -0.4 is 16.4 Å². The molecule has 1 aliphatic heterocycles. The van der Waals surface area contributed by atoms with Crippen molar-refractivity contribution in [1.29, 1.82) is 0 Å². The average Bonchev–Trinajstić information content (AvgIpc) is 3.31. The average molecular weight is 485 g/mol. The van der Waals surface area contributed by atoms with E-state index in [4.69, 9.17) is 10.7 Å². The number of likely N-dealkylation sites (tertiary alicyclic amines) is 1. The lowest BCUT2D eigenvalue weighted by molar-refractivity contribution is 0.102. The van der Waals surface area contributed by atoms with E-state index in [1.807, 2.05) is 40.6 Å². The number of urea groups is 1. The number of hydrogen-bond acceptors (Lipinski definition) is 6. The Morgan fingerprint density at radius 2 is 1.94 bits per heavy atom. The molecule has 5 rings (SSSR count). The molecule has 1 atom stereocenters. The lowest BCUT2D eigenvalue weighted by Gasteiger charge is -2.32. The quantitative estimate of drug-likeness (QED) is 0.397. The molecule has 3 aromatic heterocycles. The van der Waals surface area contributed by atoms with E-state index in [2.05, 4.69) is 20.6 Å². The summed E-state index contributed by atoms with van der Waals surface area (Å²) in [7, 11) is 0. The first-order valence-corrected chi connectivity index (χ1v) is 12.0. The van der Waals surface area contributed by atoms with Gasteiger partial charge in [0.1, 0.15) is 28.7 Å². The maximum absolute atomic E-state index is 12.6. The Labute approximate surface area is 208 Å². The van der Waals surface area contributed by atoms with Gasteiger partial charge in [-0.05, 0) is 44.0 Å². The number of nitrogen functional groups attached to an aromatic ring is 1. The fourth-order valence-corrected chi connectivity index (χ4v) is 4.62. The van der Waals surface area contributed by atoms with Gasteiger partial charge in [0.2, 0.25) is 0 Å². The Bertz CT molecular complexity index is 1380. The third-order valence-corrected chi connectivity index (χ3v) is 6.34. The summed E-state index contributed by atoms with van der Waals surface area (Å²) in [6.45, 7) is 3.81. The van der Waals surface area contributed by atoms with Crippen LogP contribution in [0.25, 0.3) is 16.8 Å². The van der Waals surface area contributed by atoms with Crippen LogP contribution in [-0.2, 0) is 0 Å². The fraction of sp³-hybridized carbons (Fsp3) is 0.269. The van der Waals surface area contributed by atoms with Gasteiger partial charge in [0.05, 0.1) is 0 Å². The van der Waals surface area contributed by atoms with Gasteiger partial charge in [-0.15, -0.1) is 0 Å². The predicted octanol–water partition coefficient (Wildman–Crippen LogP) is 3.53. The molecule has 1 fully saturated rings. The van der Waals surface area contributed by atoms with Crippen LogP contribution in [0.4, 0.5) is 16.4 Å². The smallest absolute Gasteiger partial charge is 0.317 e. The number of carbonyl (C=O) groups is 2. The van der Waals surface area contributed by atoms with Crippen molar-refractivity contribution in [3.63, 3.8) is 0 Å². The number of pyridine rings is 1. The number of carbonyl (C=O) groups excluding carboxylic acids is 2. The standard InChI is InChI=1S/C26H28N8O2/c1-2-28-26(36)33-14-5-6-19(16-33)24-32-21(22-23(27)30-13-15-34(22)24)17-8-10-18(11-9-17)25(35)31-20-7-3-4-12-29-20/h3-4,7-13,15,19H,2,5-6,14,16H2,1H3,(H2,27,30)(H,28,36)(H,29,31,35). The van der Waals surface area contributed by atoms with Gasteiger partial charge in [-0.1, -0.05) is 18.2 Å². The summed E-state index contributed by atoms with van der Waals surface area (Å²) in [5.41, 5.74) is 9.04. The molecule has 4 N–H and O–H groups in total. The molecule has 4 aromatic rings. The summed E-state index contributed by atoms with van der Waals surface area (Å²) in [5.74, 6) is 1.53. The van der Waals surface area contributed by atoms with Gasteiger partial charge in [-0.25, -0.2) is 19.7 Å². The molecule has 0 bridgehead atoms. The number of piperidine rings is 1. The molecule has 10 nitrogen and oxygen atoms in total. The number of aromatic nitrogens is 4. The van der Waals surface area contributed by atoms with Crippen molar-refractivity contribution in [2.45, 2.75) is 25.7 Å². The van der Waals surface area contributed by atoms with Gasteiger partial charge < -0.3 is 21.3 Å². The number of nitrogens with one attached hydrogen (secondary N) is 2. The first kappa shape index (κ1) is 23.3. The molecule has 1 unspecified atom stereocenters. The fourth-order valence-electron chi connectivity index (χ4n) is 4.62. The minimum absolute atomic E-state index is 0.0518. The zero-order chi connectivity index (χ0) is 25.1. The minimum Gasteiger partial charge on any atom is -0.382 e.